The Hall–Kier alpha value is -3.88. The molecular formula is C25H24F2N6O. The Morgan fingerprint density at radius 1 is 0.971 bits per heavy atom. The topological polar surface area (TPSA) is 84.7 Å². The molecule has 2 N–H and O–H groups in total. The lowest BCUT2D eigenvalue weighted by atomic mass is 9.91. The molecule has 34 heavy (non-hydrogen) atoms. The monoisotopic (exact) mass is 462 g/mol. The minimum atomic E-state index is -0.376. The zero-order chi connectivity index (χ0) is 23.7. The van der Waals surface area contributed by atoms with Gasteiger partial charge in [-0.3, -0.25) is 4.79 Å². The molecular weight excluding hydrogens is 438 g/mol. The molecule has 0 bridgehead atoms. The molecule has 0 spiro atoms. The molecule has 7 nitrogen and oxygen atoms in total. The Balaban J connectivity index is 1.27. The van der Waals surface area contributed by atoms with Crippen LogP contribution in [0.2, 0.25) is 0 Å². The summed E-state index contributed by atoms with van der Waals surface area (Å²) in [5, 5.41) is 11.6. The van der Waals surface area contributed by atoms with Crippen LogP contribution in [0.3, 0.4) is 0 Å². The molecule has 2 aromatic heterocycles. The molecule has 4 aromatic rings. The largest absolute Gasteiger partial charge is 0.367 e. The van der Waals surface area contributed by atoms with E-state index in [1.807, 2.05) is 0 Å². The van der Waals surface area contributed by atoms with E-state index in [1.54, 1.807) is 31.3 Å². The van der Waals surface area contributed by atoms with Crippen molar-refractivity contribution in [3.8, 4) is 5.69 Å². The standard InChI is InChI=1S/C25H24F2N6O/c1-15-29-23(20-14-28-33(24(20)30-15)22-5-3-2-4-21(22)27)31-18-10-12-19(13-11-18)32-25(34)16-6-8-17(26)9-7-16/h2-9,14,18-19H,10-13H2,1H3,(H,32,34)(H,29,30,31). The number of benzene rings is 2. The van der Waals surface area contributed by atoms with Gasteiger partial charge >= 0.3 is 0 Å². The van der Waals surface area contributed by atoms with Crippen LogP contribution in [0.1, 0.15) is 41.9 Å². The predicted octanol–water partition coefficient (Wildman–Crippen LogP) is 4.56. The zero-order valence-corrected chi connectivity index (χ0v) is 18.6. The van der Waals surface area contributed by atoms with Crippen LogP contribution in [0, 0.1) is 18.6 Å². The molecule has 5 rings (SSSR count). The van der Waals surface area contributed by atoms with Crippen molar-refractivity contribution in [2.24, 2.45) is 0 Å². The van der Waals surface area contributed by atoms with Gasteiger partial charge in [-0.25, -0.2) is 23.4 Å². The predicted molar refractivity (Wildman–Crippen MR) is 125 cm³/mol. The molecule has 1 saturated carbocycles. The second-order valence-electron chi connectivity index (χ2n) is 8.54. The van der Waals surface area contributed by atoms with Crippen molar-refractivity contribution < 1.29 is 13.6 Å². The summed E-state index contributed by atoms with van der Waals surface area (Å²) in [6.45, 7) is 1.80. The van der Waals surface area contributed by atoms with Gasteiger partial charge in [-0.15, -0.1) is 0 Å². The van der Waals surface area contributed by atoms with Crippen LogP contribution < -0.4 is 10.6 Å². The Morgan fingerprint density at radius 3 is 2.41 bits per heavy atom. The number of hydrogen-bond acceptors (Lipinski definition) is 5. The number of para-hydroxylation sites is 1. The van der Waals surface area contributed by atoms with Gasteiger partial charge in [0.25, 0.3) is 5.91 Å². The first-order valence-corrected chi connectivity index (χ1v) is 11.3. The first kappa shape index (κ1) is 21.9. The third kappa shape index (κ3) is 4.46. The van der Waals surface area contributed by atoms with E-state index in [2.05, 4.69) is 25.7 Å². The number of fused-ring (bicyclic) bond motifs is 1. The third-order valence-electron chi connectivity index (χ3n) is 6.13. The average molecular weight is 463 g/mol. The highest BCUT2D eigenvalue weighted by Crippen LogP contribution is 2.27. The van der Waals surface area contributed by atoms with Crippen LogP contribution in [-0.4, -0.2) is 37.7 Å². The van der Waals surface area contributed by atoms with Gasteiger partial charge in [0.2, 0.25) is 0 Å². The number of aromatic nitrogens is 4. The summed E-state index contributed by atoms with van der Waals surface area (Å²) in [5.41, 5.74) is 1.33. The zero-order valence-electron chi connectivity index (χ0n) is 18.6. The van der Waals surface area contributed by atoms with E-state index in [-0.39, 0.29) is 29.6 Å². The SMILES string of the molecule is Cc1nc(NC2CCC(NC(=O)c3ccc(F)cc3)CC2)c2cnn(-c3ccccc3F)c2n1. The van der Waals surface area contributed by atoms with E-state index < -0.39 is 0 Å². The Kier molecular flexibility index (Phi) is 5.91. The minimum absolute atomic E-state index is 0.0616. The molecule has 0 radical (unpaired) electrons. The lowest BCUT2D eigenvalue weighted by Crippen LogP contribution is -2.40. The molecule has 0 aliphatic heterocycles. The molecule has 0 atom stereocenters. The number of carbonyl (C=O) groups is 1. The fourth-order valence-electron chi connectivity index (χ4n) is 4.37. The molecule has 1 fully saturated rings. The Labute approximate surface area is 195 Å². The molecule has 174 valence electrons. The summed E-state index contributed by atoms with van der Waals surface area (Å²) < 4.78 is 28.9. The summed E-state index contributed by atoms with van der Waals surface area (Å²) in [6, 6.07) is 12.2. The molecule has 1 amide bonds. The average Bonchev–Trinajstić information content (AvgIpc) is 3.25. The number of amides is 1. The van der Waals surface area contributed by atoms with E-state index in [0.717, 1.165) is 31.1 Å². The number of halogens is 2. The normalized spacial score (nSPS) is 18.1. The maximum absolute atomic E-state index is 14.3. The summed E-state index contributed by atoms with van der Waals surface area (Å²) in [5.74, 6) is 0.304. The quantitative estimate of drug-likeness (QED) is 0.454. The smallest absolute Gasteiger partial charge is 0.251 e. The van der Waals surface area contributed by atoms with Gasteiger partial charge in [-0.05, 0) is 69.0 Å². The second-order valence-corrected chi connectivity index (χ2v) is 8.54. The summed E-state index contributed by atoms with van der Waals surface area (Å²) in [4.78, 5) is 21.5. The lowest BCUT2D eigenvalue weighted by molar-refractivity contribution is 0.0926. The number of nitrogens with zero attached hydrogens (tertiary/aromatic N) is 4. The maximum Gasteiger partial charge on any atom is 0.251 e. The molecule has 9 heteroatoms. The fourth-order valence-corrected chi connectivity index (χ4v) is 4.37. The van der Waals surface area contributed by atoms with E-state index in [9.17, 15) is 13.6 Å². The summed E-state index contributed by atoms with van der Waals surface area (Å²) in [6.07, 6.45) is 4.97. The van der Waals surface area contributed by atoms with Gasteiger partial charge in [0.05, 0.1) is 11.6 Å². The first-order chi connectivity index (χ1) is 16.5. The molecule has 2 aromatic carbocycles. The summed E-state index contributed by atoms with van der Waals surface area (Å²) >= 11 is 0. The van der Waals surface area contributed by atoms with Gasteiger partial charge in [-0.2, -0.15) is 5.10 Å². The van der Waals surface area contributed by atoms with Crippen molar-refractivity contribution >= 4 is 22.8 Å². The van der Waals surface area contributed by atoms with Crippen molar-refractivity contribution in [2.75, 3.05) is 5.32 Å². The Bertz CT molecular complexity index is 1330. The number of nitrogens with one attached hydrogen (secondary N) is 2. The van der Waals surface area contributed by atoms with Crippen LogP contribution in [0.15, 0.2) is 54.7 Å². The van der Waals surface area contributed by atoms with Gasteiger partial charge < -0.3 is 10.6 Å². The highest BCUT2D eigenvalue weighted by Gasteiger charge is 2.24. The van der Waals surface area contributed by atoms with Crippen molar-refractivity contribution in [1.82, 2.24) is 25.1 Å². The highest BCUT2D eigenvalue weighted by atomic mass is 19.1. The van der Waals surface area contributed by atoms with Crippen LogP contribution in [0.25, 0.3) is 16.7 Å². The number of carbonyl (C=O) groups excluding carboxylic acids is 1. The third-order valence-corrected chi connectivity index (χ3v) is 6.13. The first-order valence-electron chi connectivity index (χ1n) is 11.3. The Morgan fingerprint density at radius 2 is 1.68 bits per heavy atom. The van der Waals surface area contributed by atoms with Crippen LogP contribution in [-0.2, 0) is 0 Å². The number of anilines is 1. The fraction of sp³-hybridized carbons (Fsp3) is 0.280. The second kappa shape index (κ2) is 9.17. The van der Waals surface area contributed by atoms with Crippen molar-refractivity contribution in [1.29, 1.82) is 0 Å². The highest BCUT2D eigenvalue weighted by molar-refractivity contribution is 5.94. The molecule has 1 aliphatic carbocycles. The summed E-state index contributed by atoms with van der Waals surface area (Å²) in [7, 11) is 0. The van der Waals surface area contributed by atoms with Gasteiger partial charge in [0.15, 0.2) is 5.65 Å². The van der Waals surface area contributed by atoms with Gasteiger partial charge in [0, 0.05) is 17.6 Å². The van der Waals surface area contributed by atoms with E-state index in [0.29, 0.717) is 28.5 Å². The number of aryl methyl sites for hydroxylation is 1. The van der Waals surface area contributed by atoms with Gasteiger partial charge in [-0.1, -0.05) is 12.1 Å². The van der Waals surface area contributed by atoms with Crippen LogP contribution >= 0.6 is 0 Å². The molecule has 0 unspecified atom stereocenters. The molecule has 1 aliphatic rings. The van der Waals surface area contributed by atoms with Gasteiger partial charge in [0.1, 0.15) is 29.0 Å². The van der Waals surface area contributed by atoms with Crippen LogP contribution in [0.4, 0.5) is 14.6 Å². The van der Waals surface area contributed by atoms with E-state index in [4.69, 9.17) is 0 Å². The van der Waals surface area contributed by atoms with Crippen molar-refractivity contribution in [2.45, 2.75) is 44.7 Å². The van der Waals surface area contributed by atoms with Crippen molar-refractivity contribution in [3.63, 3.8) is 0 Å². The number of hydrogen-bond donors (Lipinski definition) is 2. The number of rotatable bonds is 5. The van der Waals surface area contributed by atoms with E-state index in [1.165, 1.54) is 35.0 Å². The maximum atomic E-state index is 14.3. The van der Waals surface area contributed by atoms with E-state index >= 15 is 0 Å². The molecule has 2 heterocycles. The minimum Gasteiger partial charge on any atom is -0.367 e. The van der Waals surface area contributed by atoms with Crippen LogP contribution in [0.5, 0.6) is 0 Å². The molecule has 0 saturated heterocycles. The van der Waals surface area contributed by atoms with Crippen molar-refractivity contribution in [3.05, 3.63) is 77.8 Å². The lowest BCUT2D eigenvalue weighted by Gasteiger charge is -2.30.